The van der Waals surface area contributed by atoms with E-state index in [0.29, 0.717) is 22.9 Å². The number of ether oxygens (including phenoxy) is 1. The van der Waals surface area contributed by atoms with Crippen LogP contribution in [0.4, 0.5) is 11.6 Å². The van der Waals surface area contributed by atoms with Gasteiger partial charge in [-0.2, -0.15) is 0 Å². The number of benzene rings is 2. The molecule has 8 heteroatoms. The quantitative estimate of drug-likeness (QED) is 0.506. The highest BCUT2D eigenvalue weighted by Crippen LogP contribution is 2.46. The molecule has 33 heavy (non-hydrogen) atoms. The van der Waals surface area contributed by atoms with E-state index in [1.807, 2.05) is 6.07 Å². The number of anilines is 2. The third-order valence-corrected chi connectivity index (χ3v) is 7.51. The minimum Gasteiger partial charge on any atom is -0.465 e. The highest BCUT2D eigenvalue weighted by atomic mass is 32.2. The largest absolute Gasteiger partial charge is 0.465 e. The van der Waals surface area contributed by atoms with Crippen LogP contribution >= 0.6 is 0 Å². The number of hydrogen-bond donors (Lipinski definition) is 1. The number of hydrogen-bond acceptors (Lipinski definition) is 6. The van der Waals surface area contributed by atoms with Crippen LogP contribution in [0.2, 0.25) is 0 Å². The van der Waals surface area contributed by atoms with Gasteiger partial charge in [-0.1, -0.05) is 20.8 Å². The maximum absolute atomic E-state index is 12.1. The van der Waals surface area contributed by atoms with Crippen LogP contribution in [0.25, 0.3) is 11.0 Å². The number of sulfone groups is 1. The molecule has 4 rings (SSSR count). The van der Waals surface area contributed by atoms with E-state index in [-0.39, 0.29) is 16.4 Å². The van der Waals surface area contributed by atoms with E-state index >= 15 is 0 Å². The Balaban J connectivity index is 1.79. The van der Waals surface area contributed by atoms with Gasteiger partial charge >= 0.3 is 5.97 Å². The molecule has 0 amide bonds. The first-order valence-electron chi connectivity index (χ1n) is 11.1. The van der Waals surface area contributed by atoms with E-state index in [1.54, 1.807) is 36.4 Å². The highest BCUT2D eigenvalue weighted by molar-refractivity contribution is 7.90. The van der Waals surface area contributed by atoms with Crippen molar-refractivity contribution < 1.29 is 17.9 Å². The summed E-state index contributed by atoms with van der Waals surface area (Å²) in [6.45, 7) is 6.90. The van der Waals surface area contributed by atoms with Gasteiger partial charge in [0.25, 0.3) is 0 Å². The molecule has 1 N–H and O–H groups in total. The SMILES string of the molecule is COC(=O)c1ccc2c(c1)nc(Nc1ccc(S(C)(=O)=O)cc1)n2C1C[C@H](C)CC(C)(C)C1. The van der Waals surface area contributed by atoms with E-state index in [2.05, 4.69) is 30.7 Å². The lowest BCUT2D eigenvalue weighted by molar-refractivity contribution is 0.0601. The molecule has 1 heterocycles. The Morgan fingerprint density at radius 3 is 2.45 bits per heavy atom. The predicted molar refractivity (Wildman–Crippen MR) is 130 cm³/mol. The van der Waals surface area contributed by atoms with E-state index in [1.165, 1.54) is 19.8 Å². The van der Waals surface area contributed by atoms with Crippen LogP contribution in [-0.4, -0.2) is 37.3 Å². The van der Waals surface area contributed by atoms with Gasteiger partial charge in [0.05, 0.1) is 28.6 Å². The number of carbonyl (C=O) groups is 1. The summed E-state index contributed by atoms with van der Waals surface area (Å²) in [6, 6.07) is 12.4. The zero-order valence-electron chi connectivity index (χ0n) is 19.8. The summed E-state index contributed by atoms with van der Waals surface area (Å²) in [6.07, 6.45) is 4.43. The van der Waals surface area contributed by atoms with Gasteiger partial charge < -0.3 is 14.6 Å². The van der Waals surface area contributed by atoms with Crippen molar-refractivity contribution in [3.63, 3.8) is 0 Å². The van der Waals surface area contributed by atoms with Gasteiger partial charge in [0, 0.05) is 18.0 Å². The first-order valence-corrected chi connectivity index (χ1v) is 13.0. The van der Waals surface area contributed by atoms with Crippen LogP contribution in [0.15, 0.2) is 47.4 Å². The van der Waals surface area contributed by atoms with Crippen molar-refractivity contribution in [1.29, 1.82) is 0 Å². The first kappa shape index (κ1) is 23.3. The molecular formula is C25H31N3O4S. The van der Waals surface area contributed by atoms with Gasteiger partial charge in [-0.05, 0) is 73.1 Å². The Kier molecular flexibility index (Phi) is 5.99. The summed E-state index contributed by atoms with van der Waals surface area (Å²) in [5, 5.41) is 3.38. The topological polar surface area (TPSA) is 90.3 Å². The van der Waals surface area contributed by atoms with Crippen molar-refractivity contribution in [2.45, 2.75) is 51.0 Å². The molecule has 1 unspecified atom stereocenters. The van der Waals surface area contributed by atoms with E-state index in [0.717, 1.165) is 24.0 Å². The summed E-state index contributed by atoms with van der Waals surface area (Å²) in [5.74, 6) is 0.853. The molecule has 0 bridgehead atoms. The molecule has 1 aliphatic rings. The fourth-order valence-corrected chi connectivity index (χ4v) is 5.84. The number of rotatable bonds is 5. The predicted octanol–water partition coefficient (Wildman–Crippen LogP) is 5.36. The van der Waals surface area contributed by atoms with Crippen molar-refractivity contribution in [3.8, 4) is 0 Å². The van der Waals surface area contributed by atoms with Gasteiger partial charge in [0.2, 0.25) is 5.95 Å². The second-order valence-electron chi connectivity index (χ2n) is 9.99. The molecule has 1 aromatic heterocycles. The molecule has 7 nitrogen and oxygen atoms in total. The van der Waals surface area contributed by atoms with Crippen LogP contribution in [0, 0.1) is 11.3 Å². The molecule has 2 aromatic carbocycles. The van der Waals surface area contributed by atoms with Crippen molar-refractivity contribution >= 4 is 38.5 Å². The highest BCUT2D eigenvalue weighted by Gasteiger charge is 2.34. The number of nitrogens with zero attached hydrogens (tertiary/aromatic N) is 2. The Labute approximate surface area is 195 Å². The van der Waals surface area contributed by atoms with Crippen LogP contribution in [-0.2, 0) is 14.6 Å². The van der Waals surface area contributed by atoms with Crippen molar-refractivity contribution in [1.82, 2.24) is 9.55 Å². The Morgan fingerprint density at radius 1 is 1.15 bits per heavy atom. The van der Waals surface area contributed by atoms with Gasteiger partial charge in [0.15, 0.2) is 9.84 Å². The molecule has 2 atom stereocenters. The molecule has 0 spiro atoms. The Morgan fingerprint density at radius 2 is 1.85 bits per heavy atom. The van der Waals surface area contributed by atoms with Gasteiger partial charge in [-0.15, -0.1) is 0 Å². The maximum Gasteiger partial charge on any atom is 0.337 e. The second kappa shape index (κ2) is 8.48. The number of nitrogens with one attached hydrogen (secondary N) is 1. The minimum absolute atomic E-state index is 0.208. The zero-order valence-corrected chi connectivity index (χ0v) is 20.6. The number of fused-ring (bicyclic) bond motifs is 1. The van der Waals surface area contributed by atoms with Crippen LogP contribution in [0.1, 0.15) is 56.4 Å². The van der Waals surface area contributed by atoms with Gasteiger partial charge in [0.1, 0.15) is 0 Å². The van der Waals surface area contributed by atoms with Crippen molar-refractivity contribution in [2.24, 2.45) is 11.3 Å². The van der Waals surface area contributed by atoms with Crippen molar-refractivity contribution in [2.75, 3.05) is 18.7 Å². The first-order chi connectivity index (χ1) is 15.5. The smallest absolute Gasteiger partial charge is 0.337 e. The normalized spacial score (nSPS) is 20.5. The fraction of sp³-hybridized carbons (Fsp3) is 0.440. The van der Waals surface area contributed by atoms with Gasteiger partial charge in [-0.25, -0.2) is 18.2 Å². The minimum atomic E-state index is -3.27. The Bertz CT molecular complexity index is 1290. The third kappa shape index (κ3) is 4.90. The van der Waals surface area contributed by atoms with E-state index in [9.17, 15) is 13.2 Å². The average Bonchev–Trinajstić information content (AvgIpc) is 3.08. The number of esters is 1. The lowest BCUT2D eigenvalue weighted by atomic mass is 9.70. The number of carbonyl (C=O) groups excluding carboxylic acids is 1. The summed E-state index contributed by atoms with van der Waals surface area (Å²) in [4.78, 5) is 17.2. The fourth-order valence-electron chi connectivity index (χ4n) is 5.21. The molecule has 1 fully saturated rings. The number of aromatic nitrogens is 2. The van der Waals surface area contributed by atoms with Crippen molar-refractivity contribution in [3.05, 3.63) is 48.0 Å². The molecular weight excluding hydrogens is 438 g/mol. The number of methoxy groups -OCH3 is 1. The third-order valence-electron chi connectivity index (χ3n) is 6.38. The monoisotopic (exact) mass is 469 g/mol. The molecule has 0 aliphatic heterocycles. The van der Waals surface area contributed by atoms with Crippen LogP contribution < -0.4 is 5.32 Å². The van der Waals surface area contributed by atoms with Gasteiger partial charge in [-0.3, -0.25) is 0 Å². The van der Waals surface area contributed by atoms with E-state index < -0.39 is 15.8 Å². The zero-order chi connectivity index (χ0) is 24.0. The average molecular weight is 470 g/mol. The standard InChI is InChI=1S/C25H31N3O4S/c1-16-12-19(15-25(2,3)14-16)28-22-11-6-17(23(29)32-4)13-21(22)27-24(28)26-18-7-9-20(10-8-18)33(5,30)31/h6-11,13,16,19H,12,14-15H2,1-5H3,(H,26,27)/t16-,19?/m0/s1. The van der Waals surface area contributed by atoms with Crippen LogP contribution in [0.5, 0.6) is 0 Å². The molecule has 0 radical (unpaired) electrons. The summed E-state index contributed by atoms with van der Waals surface area (Å²) < 4.78 is 30.7. The lowest BCUT2D eigenvalue weighted by Gasteiger charge is -2.40. The molecule has 176 valence electrons. The van der Waals surface area contributed by atoms with E-state index in [4.69, 9.17) is 9.72 Å². The molecule has 3 aromatic rings. The lowest BCUT2D eigenvalue weighted by Crippen LogP contribution is -2.29. The maximum atomic E-state index is 12.1. The summed E-state index contributed by atoms with van der Waals surface area (Å²) >= 11 is 0. The van der Waals surface area contributed by atoms with Crippen LogP contribution in [0.3, 0.4) is 0 Å². The number of imidazole rings is 1. The summed E-state index contributed by atoms with van der Waals surface area (Å²) in [5.41, 5.74) is 3.07. The Hall–Kier alpha value is -2.87. The molecule has 1 aliphatic carbocycles. The summed E-state index contributed by atoms with van der Waals surface area (Å²) in [7, 11) is -1.90. The molecule has 1 saturated carbocycles. The second-order valence-corrected chi connectivity index (χ2v) is 12.0. The molecule has 0 saturated heterocycles.